The molecular formula is C78H102N4O42. The zero-order valence-corrected chi connectivity index (χ0v) is 70.3. The van der Waals surface area contributed by atoms with Gasteiger partial charge in [-0.2, -0.15) is 0 Å². The van der Waals surface area contributed by atoms with Crippen molar-refractivity contribution < 1.29 is 200 Å². The fraction of sp³-hybridized carbons (Fsp3) is 0.641. The summed E-state index contributed by atoms with van der Waals surface area (Å²) in [5.74, 6) is -3.94. The highest BCUT2D eigenvalue weighted by molar-refractivity contribution is 5.81. The zero-order chi connectivity index (χ0) is 91.9. The van der Waals surface area contributed by atoms with Crippen LogP contribution in [-0.4, -0.2) is 322 Å². The molecule has 686 valence electrons. The minimum atomic E-state index is -1.90. The third-order valence-electron chi connectivity index (χ3n) is 16.7. The molecular weight excluding hydrogens is 1660 g/mol. The van der Waals surface area contributed by atoms with Gasteiger partial charge in [-0.3, -0.25) is 86.3 Å². The third-order valence-corrected chi connectivity index (χ3v) is 16.7. The van der Waals surface area contributed by atoms with E-state index in [0.717, 1.165) is 96.9 Å². The fourth-order valence-electron chi connectivity index (χ4n) is 12.1. The summed E-state index contributed by atoms with van der Waals surface area (Å²) in [6.07, 6.45) is -33.4. The van der Waals surface area contributed by atoms with E-state index in [4.69, 9.17) is 114 Å². The van der Waals surface area contributed by atoms with E-state index in [-0.39, 0.29) is 52.2 Å². The van der Waals surface area contributed by atoms with Gasteiger partial charge in [0.2, 0.25) is 23.6 Å². The average Bonchev–Trinajstić information content (AvgIpc) is 0.758. The van der Waals surface area contributed by atoms with Crippen LogP contribution in [0.4, 0.5) is 0 Å². The summed E-state index contributed by atoms with van der Waals surface area (Å²) >= 11 is 0. The first-order chi connectivity index (χ1) is 58.7. The minimum Gasteiger partial charge on any atom is -0.463 e. The van der Waals surface area contributed by atoms with Crippen LogP contribution in [0.2, 0.25) is 0 Å². The molecule has 4 amide bonds. The Labute approximate surface area is 710 Å². The molecule has 1 aromatic carbocycles. The van der Waals surface area contributed by atoms with Crippen LogP contribution < -0.4 is 21.3 Å². The number of esters is 14. The fourth-order valence-corrected chi connectivity index (χ4v) is 12.1. The van der Waals surface area contributed by atoms with Gasteiger partial charge < -0.3 is 135 Å². The second kappa shape index (κ2) is 52.8. The molecule has 46 heteroatoms. The van der Waals surface area contributed by atoms with E-state index in [1.165, 1.54) is 0 Å². The standard InChI is InChI=1S/C78H102N4O42/c1-39(83)105-31-55-63(109-43(5)87)67(111-45(7)89)73(117-51(13)95)77(121-55)123-65-57(33-107-41(3)85)119-75(71(115-49(11)93)69(65)113-47(9)91)103-29-17-27-81-61(99)37-101-35-59(97)79-25-15-19-53-21-23-54(24-22-53)20-16-26-80-60(98)36-102-38-62(100)82-28-18-30-104-76-72(116-50(12)94)70(114-48(10)92)66(58(120-76)34-108-42(4)86)124-78-74(118-52(14)96)68(112-46(8)90)64(110-44(6)88)56(122-78)32-106-40(2)84/h21-24,55-58,63-78H,17-18,25-38H2,1-14H3,(H,79,97)(H,80,98)(H,81,99)(H,82,100)/t55-,56-,57-,58-,63+,64+,65+,66+,67+,68+,69+,70+,71-,72-,73-,74-,75-,76-,77-,78-/m1/s1. The predicted octanol–water partition coefficient (Wildman–Crippen LogP) is -3.06. The lowest BCUT2D eigenvalue weighted by molar-refractivity contribution is -0.361. The molecule has 0 unspecified atom stereocenters. The first-order valence-corrected chi connectivity index (χ1v) is 38.4. The van der Waals surface area contributed by atoms with Crippen molar-refractivity contribution in [2.75, 3.05) is 92.2 Å². The van der Waals surface area contributed by atoms with Crippen molar-refractivity contribution in [1.29, 1.82) is 0 Å². The molecule has 0 radical (unpaired) electrons. The normalized spacial score (nSPS) is 25.4. The van der Waals surface area contributed by atoms with Crippen molar-refractivity contribution in [2.24, 2.45) is 0 Å². The van der Waals surface area contributed by atoms with Gasteiger partial charge in [0.05, 0.1) is 26.3 Å². The van der Waals surface area contributed by atoms with Crippen LogP contribution >= 0.6 is 0 Å². The number of rotatable bonds is 42. The van der Waals surface area contributed by atoms with Crippen molar-refractivity contribution in [2.45, 2.75) is 233 Å². The Kier molecular flexibility index (Phi) is 43.8. The second-order valence-electron chi connectivity index (χ2n) is 27.2. The molecule has 1 aromatic rings. The monoisotopic (exact) mass is 1770 g/mol. The second-order valence-corrected chi connectivity index (χ2v) is 27.2. The number of carbonyl (C=O) groups excluding carboxylic acids is 18. The quantitative estimate of drug-likeness (QED) is 0.0218. The van der Waals surface area contributed by atoms with E-state index in [1.54, 1.807) is 24.3 Å². The number of ether oxygens (including phenoxy) is 24. The summed E-state index contributed by atoms with van der Waals surface area (Å²) < 4.78 is 136. The maximum atomic E-state index is 12.8. The van der Waals surface area contributed by atoms with Gasteiger partial charge in [-0.25, -0.2) is 0 Å². The van der Waals surface area contributed by atoms with Crippen molar-refractivity contribution in [3.63, 3.8) is 0 Å². The van der Waals surface area contributed by atoms with E-state index < -0.39 is 283 Å². The van der Waals surface area contributed by atoms with Crippen LogP contribution in [0, 0.1) is 23.7 Å². The molecule has 4 N–H and O–H groups in total. The van der Waals surface area contributed by atoms with E-state index >= 15 is 0 Å². The third kappa shape index (κ3) is 37.2. The summed E-state index contributed by atoms with van der Waals surface area (Å²) in [7, 11) is 0. The largest absolute Gasteiger partial charge is 0.463 e. The summed E-state index contributed by atoms with van der Waals surface area (Å²) in [6, 6.07) is 6.65. The van der Waals surface area contributed by atoms with Crippen LogP contribution in [-0.2, 0) is 200 Å². The number of amides is 4. The van der Waals surface area contributed by atoms with Crippen LogP contribution in [0.15, 0.2) is 24.3 Å². The summed E-state index contributed by atoms with van der Waals surface area (Å²) in [5.41, 5.74) is 1.12. The minimum absolute atomic E-state index is 0.0490. The molecule has 124 heavy (non-hydrogen) atoms. The van der Waals surface area contributed by atoms with Gasteiger partial charge in [0, 0.05) is 121 Å². The smallest absolute Gasteiger partial charge is 0.303 e. The van der Waals surface area contributed by atoms with Gasteiger partial charge in [-0.05, 0) is 37.1 Å². The van der Waals surface area contributed by atoms with Gasteiger partial charge in [0.1, 0.15) is 89.5 Å². The summed E-state index contributed by atoms with van der Waals surface area (Å²) in [5, 5.41) is 10.2. The van der Waals surface area contributed by atoms with Gasteiger partial charge in [0.25, 0.3) is 0 Å². The lowest BCUT2D eigenvalue weighted by Crippen LogP contribution is -2.67. The molecule has 0 saturated carbocycles. The molecule has 46 nitrogen and oxygen atoms in total. The lowest BCUT2D eigenvalue weighted by Gasteiger charge is -2.48. The van der Waals surface area contributed by atoms with Crippen LogP contribution in [0.5, 0.6) is 0 Å². The predicted molar refractivity (Wildman–Crippen MR) is 401 cm³/mol. The number of hydrogen-bond donors (Lipinski definition) is 4. The molecule has 0 bridgehead atoms. The first-order valence-electron chi connectivity index (χ1n) is 38.4. The highest BCUT2D eigenvalue weighted by Gasteiger charge is 2.60. The molecule has 0 aromatic heterocycles. The molecule has 20 atom stereocenters. The average molecular weight is 1770 g/mol. The Balaban J connectivity index is 1.04. The van der Waals surface area contributed by atoms with Crippen molar-refractivity contribution in [3.8, 4) is 23.7 Å². The van der Waals surface area contributed by atoms with Crippen molar-refractivity contribution in [3.05, 3.63) is 35.4 Å². The number of carbonyl (C=O) groups is 18. The van der Waals surface area contributed by atoms with Gasteiger partial charge in [0.15, 0.2) is 86.2 Å². The first kappa shape index (κ1) is 103. The molecule has 4 saturated heterocycles. The molecule has 4 heterocycles. The van der Waals surface area contributed by atoms with E-state index in [2.05, 4.69) is 44.9 Å². The Hall–Kier alpha value is -11.6. The Morgan fingerprint density at radius 3 is 0.774 bits per heavy atom. The number of hydrogen-bond acceptors (Lipinski definition) is 42. The molecule has 0 aliphatic carbocycles. The molecule has 0 spiro atoms. The van der Waals surface area contributed by atoms with E-state index in [0.29, 0.717) is 11.1 Å². The Morgan fingerprint density at radius 1 is 0.282 bits per heavy atom. The maximum Gasteiger partial charge on any atom is 0.303 e. The Morgan fingerprint density at radius 2 is 0.508 bits per heavy atom. The Bertz CT molecular complexity index is 3770. The number of benzene rings is 1. The molecule has 4 aliphatic heterocycles. The highest BCUT2D eigenvalue weighted by Crippen LogP contribution is 2.39. The van der Waals surface area contributed by atoms with Crippen LogP contribution in [0.3, 0.4) is 0 Å². The van der Waals surface area contributed by atoms with E-state index in [1.807, 2.05) is 0 Å². The maximum absolute atomic E-state index is 12.8. The lowest BCUT2D eigenvalue weighted by atomic mass is 9.96. The molecule has 4 fully saturated rings. The van der Waals surface area contributed by atoms with Gasteiger partial charge >= 0.3 is 83.6 Å². The van der Waals surface area contributed by atoms with Gasteiger partial charge in [-0.1, -0.05) is 23.7 Å². The van der Waals surface area contributed by atoms with Crippen LogP contribution in [0.25, 0.3) is 0 Å². The highest BCUT2D eigenvalue weighted by atomic mass is 16.8. The number of nitrogens with one attached hydrogen (secondary N) is 4. The van der Waals surface area contributed by atoms with Gasteiger partial charge in [-0.15, -0.1) is 0 Å². The van der Waals surface area contributed by atoms with Crippen molar-refractivity contribution >= 4 is 107 Å². The van der Waals surface area contributed by atoms with Crippen LogP contribution in [0.1, 0.15) is 121 Å². The zero-order valence-electron chi connectivity index (χ0n) is 70.3. The SMILES string of the molecule is CC(=O)OC[C@H]1O[C@H](O[C@@H]2[C@H](OC(C)=O)[C@@H](OC(C)=O)[C@H](OCCCNC(=O)COCC(=O)NCC#Cc3ccc(C#CCNC(=O)COCC(=O)NCCCO[C@@H]4O[C@H](COC(C)=O)[C@H](O[C@H]5O[C@H](COC(C)=O)[C@H](OC(C)=O)[C@H](OC(C)=O)[C@H]5OC(C)=O)[C@H](OC(C)=O)[C@H]4OC(C)=O)cc3)O[C@@H]2COC(C)=O)[C@H](OC(C)=O)[C@@H](OC(C)=O)[C@H]1OC(C)=O. The summed E-state index contributed by atoms with van der Waals surface area (Å²) in [4.78, 5) is 225. The topological polar surface area (TPSA) is 577 Å². The summed E-state index contributed by atoms with van der Waals surface area (Å²) in [6.45, 7) is 8.75. The van der Waals surface area contributed by atoms with E-state index in [9.17, 15) is 86.3 Å². The van der Waals surface area contributed by atoms with Crippen molar-refractivity contribution in [1.82, 2.24) is 21.3 Å². The molecule has 4 aliphatic rings. The molecule has 5 rings (SSSR count).